The van der Waals surface area contributed by atoms with Gasteiger partial charge in [-0.05, 0) is 0 Å². The third-order valence-electron chi connectivity index (χ3n) is 2.26. The number of halogens is 3. The molecule has 16 heavy (non-hydrogen) atoms. The second-order valence-electron chi connectivity index (χ2n) is 3.43. The lowest BCUT2D eigenvalue weighted by Gasteiger charge is -2.17. The van der Waals surface area contributed by atoms with Gasteiger partial charge in [0.1, 0.15) is 0 Å². The Kier molecular flexibility index (Phi) is 3.28. The maximum Gasteiger partial charge on any atom is 0.228 e. The van der Waals surface area contributed by atoms with Crippen LogP contribution in [0.25, 0.3) is 0 Å². The Morgan fingerprint density at radius 1 is 1.50 bits per heavy atom. The number of rotatable bonds is 1. The lowest BCUT2D eigenvalue weighted by atomic mass is 10.3. The number of pyridine rings is 1. The van der Waals surface area contributed by atoms with Gasteiger partial charge in [-0.2, -0.15) is 12.6 Å². The van der Waals surface area contributed by atoms with E-state index in [4.69, 9.17) is 23.2 Å². The van der Waals surface area contributed by atoms with Gasteiger partial charge < -0.3 is 4.90 Å². The third kappa shape index (κ3) is 2.12. The summed E-state index contributed by atoms with van der Waals surface area (Å²) in [7, 11) is 0. The van der Waals surface area contributed by atoms with Gasteiger partial charge in [-0.3, -0.25) is 4.79 Å². The van der Waals surface area contributed by atoms with Crippen LogP contribution < -0.4 is 4.90 Å². The number of thiol groups is 1. The summed E-state index contributed by atoms with van der Waals surface area (Å²) in [5, 5.41) is -0.354. The van der Waals surface area contributed by atoms with Gasteiger partial charge in [-0.25, -0.2) is 9.37 Å². The Morgan fingerprint density at radius 2 is 2.19 bits per heavy atom. The van der Waals surface area contributed by atoms with Crippen LogP contribution in [0.5, 0.6) is 0 Å². The van der Waals surface area contributed by atoms with Crippen LogP contribution >= 0.6 is 35.8 Å². The summed E-state index contributed by atoms with van der Waals surface area (Å²) in [6.07, 6.45) is 0.309. The average molecular weight is 281 g/mol. The number of amides is 1. The zero-order valence-corrected chi connectivity index (χ0v) is 10.4. The summed E-state index contributed by atoms with van der Waals surface area (Å²) in [5.74, 6) is -0.845. The standard InChI is InChI=1S/C9H7Cl2FN2OS/c10-8-5(12)2-6(9(11)13-8)14-3-4(16)1-7(14)15/h2,4,16H,1,3H2. The minimum Gasteiger partial charge on any atom is -0.308 e. The number of anilines is 1. The zero-order valence-electron chi connectivity index (χ0n) is 7.95. The minimum atomic E-state index is -0.698. The van der Waals surface area contributed by atoms with Crippen LogP contribution in [0.2, 0.25) is 10.3 Å². The Labute approximate surface area is 107 Å². The number of carbonyl (C=O) groups is 1. The van der Waals surface area contributed by atoms with Crippen molar-refractivity contribution in [2.45, 2.75) is 11.7 Å². The fourth-order valence-corrected chi connectivity index (χ4v) is 2.29. The lowest BCUT2D eigenvalue weighted by Crippen LogP contribution is -2.25. The summed E-state index contributed by atoms with van der Waals surface area (Å²) < 4.78 is 13.2. The van der Waals surface area contributed by atoms with Gasteiger partial charge in [0, 0.05) is 24.3 Å². The predicted octanol–water partition coefficient (Wildman–Crippen LogP) is 2.56. The molecule has 1 fully saturated rings. The van der Waals surface area contributed by atoms with Gasteiger partial charge in [0.25, 0.3) is 0 Å². The van der Waals surface area contributed by atoms with Gasteiger partial charge >= 0.3 is 0 Å². The van der Waals surface area contributed by atoms with Crippen LogP contribution in [-0.4, -0.2) is 22.7 Å². The molecule has 0 radical (unpaired) electrons. The number of hydrogen-bond donors (Lipinski definition) is 1. The molecule has 1 unspecified atom stereocenters. The van der Waals surface area contributed by atoms with Gasteiger partial charge in [-0.1, -0.05) is 23.2 Å². The number of hydrogen-bond acceptors (Lipinski definition) is 3. The maximum absolute atomic E-state index is 13.2. The van der Waals surface area contributed by atoms with Crippen LogP contribution in [0.15, 0.2) is 6.07 Å². The van der Waals surface area contributed by atoms with Crippen molar-refractivity contribution in [2.24, 2.45) is 0 Å². The molecular weight excluding hydrogens is 274 g/mol. The van der Waals surface area contributed by atoms with Crippen molar-refractivity contribution in [3.63, 3.8) is 0 Å². The van der Waals surface area contributed by atoms with E-state index < -0.39 is 5.82 Å². The number of aromatic nitrogens is 1. The van der Waals surface area contributed by atoms with E-state index in [1.54, 1.807) is 0 Å². The molecule has 0 aromatic carbocycles. The molecule has 1 aliphatic rings. The Bertz CT molecular complexity index is 457. The first kappa shape index (κ1) is 12.0. The summed E-state index contributed by atoms with van der Waals surface area (Å²) in [4.78, 5) is 16.6. The molecule has 1 atom stereocenters. The maximum atomic E-state index is 13.2. The first-order chi connectivity index (χ1) is 7.49. The van der Waals surface area contributed by atoms with E-state index in [-0.39, 0.29) is 27.2 Å². The monoisotopic (exact) mass is 280 g/mol. The van der Waals surface area contributed by atoms with Gasteiger partial charge in [0.15, 0.2) is 16.1 Å². The minimum absolute atomic E-state index is 0.0159. The van der Waals surface area contributed by atoms with Crippen LogP contribution in [0.1, 0.15) is 6.42 Å². The van der Waals surface area contributed by atoms with Crippen molar-refractivity contribution in [1.82, 2.24) is 4.98 Å². The molecule has 1 aromatic rings. The smallest absolute Gasteiger partial charge is 0.228 e. The van der Waals surface area contributed by atoms with Crippen molar-refractivity contribution < 1.29 is 9.18 Å². The molecule has 1 aliphatic heterocycles. The highest BCUT2D eigenvalue weighted by atomic mass is 35.5. The molecule has 1 saturated heterocycles. The molecule has 2 heterocycles. The molecule has 0 bridgehead atoms. The molecule has 86 valence electrons. The first-order valence-corrected chi connectivity index (χ1v) is 5.76. The first-order valence-electron chi connectivity index (χ1n) is 4.49. The molecule has 7 heteroatoms. The topological polar surface area (TPSA) is 33.2 Å². The zero-order chi connectivity index (χ0) is 11.9. The molecule has 3 nitrogen and oxygen atoms in total. The highest BCUT2D eigenvalue weighted by Crippen LogP contribution is 2.31. The van der Waals surface area contributed by atoms with E-state index in [0.717, 1.165) is 6.07 Å². The molecule has 0 aliphatic carbocycles. The predicted molar refractivity (Wildman–Crippen MR) is 64.0 cm³/mol. The van der Waals surface area contributed by atoms with Crippen LogP contribution in [0.3, 0.4) is 0 Å². The number of nitrogens with zero attached hydrogens (tertiary/aromatic N) is 2. The SMILES string of the molecule is O=C1CC(S)CN1c1cc(F)c(Cl)nc1Cl. The van der Waals surface area contributed by atoms with Crippen molar-refractivity contribution in [2.75, 3.05) is 11.4 Å². The molecule has 1 amide bonds. The molecule has 2 rings (SSSR count). The summed E-state index contributed by atoms with van der Waals surface area (Å²) in [5.41, 5.74) is 0.241. The summed E-state index contributed by atoms with van der Waals surface area (Å²) >= 11 is 15.5. The van der Waals surface area contributed by atoms with Crippen molar-refractivity contribution in [3.05, 3.63) is 22.2 Å². The lowest BCUT2D eigenvalue weighted by molar-refractivity contribution is -0.117. The highest BCUT2D eigenvalue weighted by Gasteiger charge is 2.30. The summed E-state index contributed by atoms with van der Waals surface area (Å²) in [6.45, 7) is 0.393. The van der Waals surface area contributed by atoms with Gasteiger partial charge in [0.2, 0.25) is 5.91 Å². The molecule has 0 N–H and O–H groups in total. The van der Waals surface area contributed by atoms with Crippen molar-refractivity contribution >= 4 is 47.4 Å². The average Bonchev–Trinajstić information content (AvgIpc) is 2.51. The Balaban J connectivity index is 2.41. The van der Waals surface area contributed by atoms with E-state index in [0.29, 0.717) is 13.0 Å². The number of carbonyl (C=O) groups excluding carboxylic acids is 1. The van der Waals surface area contributed by atoms with E-state index in [1.165, 1.54) is 4.90 Å². The molecule has 0 spiro atoms. The van der Waals surface area contributed by atoms with Crippen molar-refractivity contribution in [1.29, 1.82) is 0 Å². The second kappa shape index (κ2) is 4.39. The molecule has 0 saturated carbocycles. The summed E-state index contributed by atoms with van der Waals surface area (Å²) in [6, 6.07) is 1.11. The second-order valence-corrected chi connectivity index (χ2v) is 4.88. The van der Waals surface area contributed by atoms with Crippen LogP contribution in [0, 0.1) is 5.82 Å². The Hall–Kier alpha value is -0.520. The fourth-order valence-electron chi connectivity index (χ4n) is 1.55. The van der Waals surface area contributed by atoms with Crippen molar-refractivity contribution in [3.8, 4) is 0 Å². The molecule has 1 aromatic heterocycles. The van der Waals surface area contributed by atoms with E-state index in [9.17, 15) is 9.18 Å². The highest BCUT2D eigenvalue weighted by molar-refractivity contribution is 7.81. The largest absolute Gasteiger partial charge is 0.308 e. The molecular formula is C9H7Cl2FN2OS. The van der Waals surface area contributed by atoms with E-state index in [2.05, 4.69) is 17.6 Å². The quantitative estimate of drug-likeness (QED) is 0.634. The fraction of sp³-hybridized carbons (Fsp3) is 0.333. The Morgan fingerprint density at radius 3 is 2.75 bits per heavy atom. The third-order valence-corrected chi connectivity index (χ3v) is 3.15. The normalized spacial score (nSPS) is 20.6. The van der Waals surface area contributed by atoms with Crippen LogP contribution in [-0.2, 0) is 4.79 Å². The van der Waals surface area contributed by atoms with Crippen LogP contribution in [0.4, 0.5) is 10.1 Å². The van der Waals surface area contributed by atoms with E-state index in [1.807, 2.05) is 0 Å². The van der Waals surface area contributed by atoms with Gasteiger partial charge in [-0.15, -0.1) is 0 Å². The van der Waals surface area contributed by atoms with Gasteiger partial charge in [0.05, 0.1) is 5.69 Å². The van der Waals surface area contributed by atoms with E-state index >= 15 is 0 Å².